The van der Waals surface area contributed by atoms with Crippen LogP contribution >= 0.6 is 0 Å². The topological polar surface area (TPSA) is 38.7 Å². The maximum absolute atomic E-state index is 9.68. The SMILES string of the molecule is CCCNC(C)(CO)CCN1CCC2C(CCCN2C)C1. The van der Waals surface area contributed by atoms with E-state index in [9.17, 15) is 5.11 Å². The molecule has 0 radical (unpaired) electrons. The molecule has 3 unspecified atom stereocenters. The molecule has 4 heteroatoms. The van der Waals surface area contributed by atoms with E-state index in [2.05, 4.69) is 36.0 Å². The first kappa shape index (κ1) is 17.2. The van der Waals surface area contributed by atoms with Gasteiger partial charge in [-0.1, -0.05) is 6.92 Å². The van der Waals surface area contributed by atoms with E-state index in [1.54, 1.807) is 0 Å². The number of likely N-dealkylation sites (tertiary alicyclic amines) is 2. The number of fused-ring (bicyclic) bond motifs is 1. The van der Waals surface area contributed by atoms with Gasteiger partial charge >= 0.3 is 0 Å². The molecule has 2 aliphatic heterocycles. The summed E-state index contributed by atoms with van der Waals surface area (Å²) in [5, 5.41) is 13.2. The average molecular weight is 297 g/mol. The van der Waals surface area contributed by atoms with Crippen LogP contribution in [0, 0.1) is 5.92 Å². The van der Waals surface area contributed by atoms with Crippen molar-refractivity contribution < 1.29 is 5.11 Å². The Morgan fingerprint density at radius 3 is 2.81 bits per heavy atom. The lowest BCUT2D eigenvalue weighted by Crippen LogP contribution is -2.54. The van der Waals surface area contributed by atoms with E-state index in [-0.39, 0.29) is 12.1 Å². The van der Waals surface area contributed by atoms with Gasteiger partial charge in [-0.3, -0.25) is 0 Å². The number of hydrogen-bond acceptors (Lipinski definition) is 4. The lowest BCUT2D eigenvalue weighted by molar-refractivity contribution is 0.0328. The molecule has 3 atom stereocenters. The molecule has 124 valence electrons. The van der Waals surface area contributed by atoms with E-state index >= 15 is 0 Å². The van der Waals surface area contributed by atoms with Gasteiger partial charge in [-0.25, -0.2) is 0 Å². The predicted molar refractivity (Wildman–Crippen MR) is 88.6 cm³/mol. The molecule has 21 heavy (non-hydrogen) atoms. The zero-order valence-corrected chi connectivity index (χ0v) is 14.3. The molecule has 0 spiro atoms. The van der Waals surface area contributed by atoms with Gasteiger partial charge in [-0.15, -0.1) is 0 Å². The summed E-state index contributed by atoms with van der Waals surface area (Å²) in [4.78, 5) is 5.20. The van der Waals surface area contributed by atoms with Crippen molar-refractivity contribution in [1.29, 1.82) is 0 Å². The van der Waals surface area contributed by atoms with Crippen molar-refractivity contribution in [3.8, 4) is 0 Å². The molecule has 0 saturated carbocycles. The Hall–Kier alpha value is -0.160. The maximum atomic E-state index is 9.68. The van der Waals surface area contributed by atoms with Crippen molar-refractivity contribution in [2.24, 2.45) is 5.92 Å². The second-order valence-electron chi connectivity index (χ2n) is 7.44. The molecule has 0 aromatic heterocycles. The summed E-state index contributed by atoms with van der Waals surface area (Å²) in [5.41, 5.74) is -0.115. The molecule has 2 N–H and O–H groups in total. The van der Waals surface area contributed by atoms with Crippen molar-refractivity contribution in [3.63, 3.8) is 0 Å². The summed E-state index contributed by atoms with van der Waals surface area (Å²) in [5.74, 6) is 0.862. The first-order valence-corrected chi connectivity index (χ1v) is 8.86. The Bertz CT molecular complexity index is 312. The lowest BCUT2D eigenvalue weighted by Gasteiger charge is -2.46. The van der Waals surface area contributed by atoms with Gasteiger partial charge in [0.2, 0.25) is 0 Å². The minimum Gasteiger partial charge on any atom is -0.394 e. The minimum absolute atomic E-state index is 0.115. The van der Waals surface area contributed by atoms with Gasteiger partial charge in [-0.2, -0.15) is 0 Å². The smallest absolute Gasteiger partial charge is 0.0611 e. The summed E-state index contributed by atoms with van der Waals surface area (Å²) in [6.07, 6.45) is 6.24. The summed E-state index contributed by atoms with van der Waals surface area (Å²) >= 11 is 0. The Morgan fingerprint density at radius 2 is 2.10 bits per heavy atom. The normalized spacial score (nSPS) is 30.9. The van der Waals surface area contributed by atoms with Gasteiger partial charge in [0.15, 0.2) is 0 Å². The highest BCUT2D eigenvalue weighted by Crippen LogP contribution is 2.29. The molecule has 2 aliphatic rings. The van der Waals surface area contributed by atoms with Gasteiger partial charge in [0.05, 0.1) is 6.61 Å². The van der Waals surface area contributed by atoms with E-state index in [4.69, 9.17) is 0 Å². The molecule has 0 aromatic rings. The molecule has 2 heterocycles. The standard InChI is InChI=1S/C17H35N3O/c1-4-9-18-17(2,14-21)8-12-20-11-7-16-15(13-20)6-5-10-19(16)3/h15-16,18,21H,4-14H2,1-3H3. The third-order valence-electron chi connectivity index (χ3n) is 5.56. The first-order chi connectivity index (χ1) is 10.1. The number of hydrogen-bond donors (Lipinski definition) is 2. The molecule has 0 aliphatic carbocycles. The van der Waals surface area contributed by atoms with Gasteiger partial charge < -0.3 is 20.2 Å². The quantitative estimate of drug-likeness (QED) is 0.748. The number of nitrogens with zero attached hydrogens (tertiary/aromatic N) is 2. The minimum atomic E-state index is -0.115. The van der Waals surface area contributed by atoms with Crippen LogP contribution in [0.2, 0.25) is 0 Å². The fraction of sp³-hybridized carbons (Fsp3) is 1.00. The maximum Gasteiger partial charge on any atom is 0.0611 e. The van der Waals surface area contributed by atoms with E-state index in [1.165, 1.54) is 38.9 Å². The zero-order valence-electron chi connectivity index (χ0n) is 14.3. The van der Waals surface area contributed by atoms with Gasteiger partial charge in [0.25, 0.3) is 0 Å². The molecule has 4 nitrogen and oxygen atoms in total. The van der Waals surface area contributed by atoms with Crippen LogP contribution in [-0.2, 0) is 0 Å². The van der Waals surface area contributed by atoms with Crippen LogP contribution in [0.15, 0.2) is 0 Å². The Kier molecular flexibility index (Phi) is 6.48. The molecular weight excluding hydrogens is 262 g/mol. The molecule has 2 fully saturated rings. The molecular formula is C17H35N3O. The Balaban J connectivity index is 1.78. The van der Waals surface area contributed by atoms with Crippen molar-refractivity contribution in [3.05, 3.63) is 0 Å². The summed E-state index contributed by atoms with van der Waals surface area (Å²) in [6.45, 7) is 10.4. The fourth-order valence-electron chi connectivity index (χ4n) is 3.99. The first-order valence-electron chi connectivity index (χ1n) is 8.86. The van der Waals surface area contributed by atoms with Crippen molar-refractivity contribution in [1.82, 2.24) is 15.1 Å². The molecule has 0 bridgehead atoms. The van der Waals surface area contributed by atoms with Crippen LogP contribution < -0.4 is 5.32 Å². The summed E-state index contributed by atoms with van der Waals surface area (Å²) < 4.78 is 0. The number of aliphatic hydroxyl groups is 1. The lowest BCUT2D eigenvalue weighted by atomic mass is 9.84. The van der Waals surface area contributed by atoms with Crippen molar-refractivity contribution >= 4 is 0 Å². The molecule has 2 saturated heterocycles. The fourth-order valence-corrected chi connectivity index (χ4v) is 3.99. The highest BCUT2D eigenvalue weighted by molar-refractivity contribution is 4.90. The highest BCUT2D eigenvalue weighted by atomic mass is 16.3. The number of rotatable bonds is 7. The van der Waals surface area contributed by atoms with Crippen LogP contribution in [0.1, 0.15) is 46.0 Å². The van der Waals surface area contributed by atoms with Crippen LogP contribution in [0.4, 0.5) is 0 Å². The van der Waals surface area contributed by atoms with Crippen LogP contribution in [-0.4, -0.2) is 72.9 Å². The van der Waals surface area contributed by atoms with Crippen LogP contribution in [0.25, 0.3) is 0 Å². The molecule has 2 rings (SSSR count). The second-order valence-corrected chi connectivity index (χ2v) is 7.44. The molecule has 0 aromatic carbocycles. The Labute approximate surface area is 130 Å². The second kappa shape index (κ2) is 7.91. The predicted octanol–water partition coefficient (Wildman–Crippen LogP) is 1.54. The number of nitrogens with one attached hydrogen (secondary N) is 1. The molecule has 0 amide bonds. The summed E-state index contributed by atoms with van der Waals surface area (Å²) in [6, 6.07) is 0.817. The number of piperidine rings is 2. The highest BCUT2D eigenvalue weighted by Gasteiger charge is 2.34. The van der Waals surface area contributed by atoms with E-state index < -0.39 is 0 Å². The Morgan fingerprint density at radius 1 is 1.29 bits per heavy atom. The van der Waals surface area contributed by atoms with Crippen molar-refractivity contribution in [2.45, 2.75) is 57.5 Å². The van der Waals surface area contributed by atoms with Crippen LogP contribution in [0.5, 0.6) is 0 Å². The average Bonchev–Trinajstić information content (AvgIpc) is 2.51. The van der Waals surface area contributed by atoms with Crippen LogP contribution in [0.3, 0.4) is 0 Å². The summed E-state index contributed by atoms with van der Waals surface area (Å²) in [7, 11) is 2.30. The van der Waals surface area contributed by atoms with Gasteiger partial charge in [0, 0.05) is 18.1 Å². The van der Waals surface area contributed by atoms with Gasteiger partial charge in [-0.05, 0) is 78.2 Å². The third kappa shape index (κ3) is 4.65. The zero-order chi connectivity index (χ0) is 15.3. The van der Waals surface area contributed by atoms with E-state index in [0.29, 0.717) is 0 Å². The number of aliphatic hydroxyl groups excluding tert-OH is 1. The van der Waals surface area contributed by atoms with Crippen molar-refractivity contribution in [2.75, 3.05) is 46.4 Å². The third-order valence-corrected chi connectivity index (χ3v) is 5.56. The van der Waals surface area contributed by atoms with E-state index in [1.807, 2.05) is 0 Å². The van der Waals surface area contributed by atoms with E-state index in [0.717, 1.165) is 37.9 Å². The monoisotopic (exact) mass is 297 g/mol. The largest absolute Gasteiger partial charge is 0.394 e. The van der Waals surface area contributed by atoms with Gasteiger partial charge in [0.1, 0.15) is 0 Å².